The number of nitrogens with one attached hydrogen (secondary N) is 1. The van der Waals surface area contributed by atoms with Gasteiger partial charge in [0.2, 0.25) is 0 Å². The summed E-state index contributed by atoms with van der Waals surface area (Å²) >= 11 is 0. The van der Waals surface area contributed by atoms with Gasteiger partial charge in [-0.25, -0.2) is 5.43 Å². The van der Waals surface area contributed by atoms with E-state index in [4.69, 9.17) is 0 Å². The Hall–Kier alpha value is -3.48. The second-order valence-corrected chi connectivity index (χ2v) is 7.96. The fraction of sp³-hybridized carbons (Fsp3) is 0.304. The lowest BCUT2D eigenvalue weighted by Gasteiger charge is -2.43. The second-order valence-electron chi connectivity index (χ2n) is 7.96. The van der Waals surface area contributed by atoms with Gasteiger partial charge in [0.25, 0.3) is 11.6 Å². The summed E-state index contributed by atoms with van der Waals surface area (Å²) in [5, 5.41) is 14.9. The number of carbonyl (C=O) groups is 1. The van der Waals surface area contributed by atoms with Gasteiger partial charge in [-0.1, -0.05) is 12.1 Å². The largest absolute Gasteiger partial charge is 0.363 e. The minimum Gasteiger partial charge on any atom is -0.363 e. The van der Waals surface area contributed by atoms with Crippen molar-refractivity contribution in [2.45, 2.75) is 40.2 Å². The Morgan fingerprint density at radius 1 is 1.27 bits per heavy atom. The Morgan fingerprint density at radius 3 is 2.67 bits per heavy atom. The van der Waals surface area contributed by atoms with Crippen molar-refractivity contribution in [2.75, 3.05) is 11.4 Å². The number of hydrogen-bond acceptors (Lipinski definition) is 5. The number of allylic oxidation sites excluding steroid dienone is 1. The smallest absolute Gasteiger partial charge is 0.271 e. The van der Waals surface area contributed by atoms with E-state index >= 15 is 0 Å². The zero-order chi connectivity index (χ0) is 22.1. The van der Waals surface area contributed by atoms with E-state index in [1.165, 1.54) is 35.5 Å². The van der Waals surface area contributed by atoms with Crippen LogP contribution < -0.4 is 10.3 Å². The van der Waals surface area contributed by atoms with Crippen LogP contribution in [0.5, 0.6) is 0 Å². The third-order valence-electron chi connectivity index (χ3n) is 5.37. The summed E-state index contributed by atoms with van der Waals surface area (Å²) in [6.45, 7) is 11.6. The molecule has 1 N–H and O–H groups in total. The molecular formula is C23H26N4O3. The average molecular weight is 406 g/mol. The molecule has 3 rings (SSSR count). The molecule has 0 atom stereocenters. The van der Waals surface area contributed by atoms with Crippen LogP contribution >= 0.6 is 0 Å². The van der Waals surface area contributed by atoms with Crippen LogP contribution in [0.2, 0.25) is 0 Å². The Labute approximate surface area is 176 Å². The average Bonchev–Trinajstić information content (AvgIpc) is 2.68. The molecule has 1 heterocycles. The molecule has 0 fully saturated rings. The Balaban J connectivity index is 1.84. The molecule has 0 radical (unpaired) electrons. The van der Waals surface area contributed by atoms with Crippen LogP contribution in [0.1, 0.15) is 54.7 Å². The Kier molecular flexibility index (Phi) is 5.73. The zero-order valence-corrected chi connectivity index (χ0v) is 17.9. The number of nitro benzene ring substituents is 1. The fourth-order valence-electron chi connectivity index (χ4n) is 3.95. The number of benzene rings is 2. The van der Waals surface area contributed by atoms with Crippen molar-refractivity contribution >= 4 is 29.1 Å². The maximum Gasteiger partial charge on any atom is 0.271 e. The normalized spacial score (nSPS) is 15.0. The van der Waals surface area contributed by atoms with Gasteiger partial charge in [-0.05, 0) is 69.5 Å². The molecule has 2 aromatic rings. The standard InChI is InChI=1S/C23H26N4O3/c1-6-26-21-10-15(2)18(12-20(21)16(3)13-23(26,4)5)14-24-25-22(28)17-8-7-9-19(11-17)27(29)30/h7-14H,6H2,1-5H3,(H,25,28)/b24-14-. The number of non-ortho nitro benzene ring substituents is 1. The van der Waals surface area contributed by atoms with Gasteiger partial charge in [-0.3, -0.25) is 14.9 Å². The quantitative estimate of drug-likeness (QED) is 0.443. The number of carbonyl (C=O) groups excluding carboxylic acids is 1. The van der Waals surface area contributed by atoms with E-state index in [0.29, 0.717) is 0 Å². The molecule has 156 valence electrons. The van der Waals surface area contributed by atoms with Gasteiger partial charge >= 0.3 is 0 Å². The first-order valence-corrected chi connectivity index (χ1v) is 9.84. The number of aryl methyl sites for hydroxylation is 1. The van der Waals surface area contributed by atoms with Crippen molar-refractivity contribution in [3.05, 3.63) is 74.8 Å². The number of likely N-dealkylation sites (N-methyl/N-ethyl adjacent to an activating group) is 1. The van der Waals surface area contributed by atoms with Crippen LogP contribution in [0.3, 0.4) is 0 Å². The summed E-state index contributed by atoms with van der Waals surface area (Å²) in [4.78, 5) is 25.0. The van der Waals surface area contributed by atoms with Crippen LogP contribution in [0.4, 0.5) is 11.4 Å². The van der Waals surface area contributed by atoms with Crippen LogP contribution in [0.25, 0.3) is 5.57 Å². The lowest BCUT2D eigenvalue weighted by molar-refractivity contribution is -0.384. The topological polar surface area (TPSA) is 87.8 Å². The molecule has 1 aliphatic heterocycles. The van der Waals surface area contributed by atoms with Gasteiger partial charge in [-0.15, -0.1) is 0 Å². The third kappa shape index (κ3) is 4.10. The molecule has 30 heavy (non-hydrogen) atoms. The maximum absolute atomic E-state index is 12.3. The van der Waals surface area contributed by atoms with E-state index in [1.54, 1.807) is 6.21 Å². The number of anilines is 1. The predicted octanol–water partition coefficient (Wildman–Crippen LogP) is 4.69. The lowest BCUT2D eigenvalue weighted by atomic mass is 9.87. The summed E-state index contributed by atoms with van der Waals surface area (Å²) < 4.78 is 0. The highest BCUT2D eigenvalue weighted by molar-refractivity contribution is 5.96. The molecule has 2 aromatic carbocycles. The van der Waals surface area contributed by atoms with Gasteiger partial charge in [0.1, 0.15) is 0 Å². The first kappa shape index (κ1) is 21.2. The van der Waals surface area contributed by atoms with E-state index in [0.717, 1.165) is 23.2 Å². The Morgan fingerprint density at radius 2 is 2.00 bits per heavy atom. The SMILES string of the molecule is CCN1c2cc(C)c(/C=N\NC(=O)c3cccc([N+](=O)[O-])c3)cc2C(C)=CC1(C)C. The molecule has 1 aliphatic rings. The maximum atomic E-state index is 12.3. The number of rotatable bonds is 5. The second kappa shape index (κ2) is 8.10. The highest BCUT2D eigenvalue weighted by atomic mass is 16.6. The molecule has 0 unspecified atom stereocenters. The van der Waals surface area contributed by atoms with Gasteiger partial charge in [0, 0.05) is 35.5 Å². The first-order chi connectivity index (χ1) is 14.1. The van der Waals surface area contributed by atoms with Crippen LogP contribution in [-0.2, 0) is 0 Å². The van der Waals surface area contributed by atoms with Gasteiger partial charge < -0.3 is 4.90 Å². The predicted molar refractivity (Wildman–Crippen MR) is 120 cm³/mol. The third-order valence-corrected chi connectivity index (χ3v) is 5.37. The number of fused-ring (bicyclic) bond motifs is 1. The van der Waals surface area contributed by atoms with E-state index in [2.05, 4.69) is 61.3 Å². The monoisotopic (exact) mass is 406 g/mol. The zero-order valence-electron chi connectivity index (χ0n) is 17.9. The van der Waals surface area contributed by atoms with Crippen molar-refractivity contribution in [3.63, 3.8) is 0 Å². The molecule has 0 saturated heterocycles. The van der Waals surface area contributed by atoms with E-state index in [9.17, 15) is 14.9 Å². The fourth-order valence-corrected chi connectivity index (χ4v) is 3.95. The molecular weight excluding hydrogens is 380 g/mol. The molecule has 7 nitrogen and oxygen atoms in total. The molecule has 0 saturated carbocycles. The first-order valence-electron chi connectivity index (χ1n) is 9.84. The number of nitrogens with zero attached hydrogens (tertiary/aromatic N) is 3. The van der Waals surface area contributed by atoms with E-state index in [-0.39, 0.29) is 16.8 Å². The summed E-state index contributed by atoms with van der Waals surface area (Å²) in [6, 6.07) is 9.79. The van der Waals surface area contributed by atoms with Crippen molar-refractivity contribution in [3.8, 4) is 0 Å². The molecule has 0 aliphatic carbocycles. The number of amides is 1. The minimum atomic E-state index is -0.534. The highest BCUT2D eigenvalue weighted by Gasteiger charge is 2.30. The van der Waals surface area contributed by atoms with Crippen LogP contribution in [0, 0.1) is 17.0 Å². The number of nitro groups is 1. The molecule has 0 spiro atoms. The van der Waals surface area contributed by atoms with Crippen LogP contribution in [0.15, 0.2) is 47.6 Å². The Bertz CT molecular complexity index is 1070. The summed E-state index contributed by atoms with van der Waals surface area (Å²) in [7, 11) is 0. The van der Waals surface area contributed by atoms with Crippen molar-refractivity contribution in [1.82, 2.24) is 5.43 Å². The van der Waals surface area contributed by atoms with Crippen molar-refractivity contribution in [2.24, 2.45) is 5.10 Å². The lowest BCUT2D eigenvalue weighted by Crippen LogP contribution is -2.45. The molecule has 7 heteroatoms. The number of hydrogen-bond donors (Lipinski definition) is 1. The number of hydrazone groups is 1. The van der Waals surface area contributed by atoms with E-state index < -0.39 is 10.8 Å². The molecule has 0 bridgehead atoms. The van der Waals surface area contributed by atoms with E-state index in [1.807, 2.05) is 6.92 Å². The minimum absolute atomic E-state index is 0.0554. The van der Waals surface area contributed by atoms with Crippen molar-refractivity contribution < 1.29 is 9.72 Å². The molecule has 1 amide bonds. The highest BCUT2D eigenvalue weighted by Crippen LogP contribution is 2.39. The summed E-state index contributed by atoms with van der Waals surface area (Å²) in [5.74, 6) is -0.499. The van der Waals surface area contributed by atoms with Gasteiger partial charge in [0.15, 0.2) is 0 Å². The summed E-state index contributed by atoms with van der Waals surface area (Å²) in [6.07, 6.45) is 3.87. The summed E-state index contributed by atoms with van der Waals surface area (Å²) in [5.41, 5.74) is 7.93. The van der Waals surface area contributed by atoms with Crippen molar-refractivity contribution in [1.29, 1.82) is 0 Å². The van der Waals surface area contributed by atoms with Gasteiger partial charge in [0.05, 0.1) is 16.7 Å². The van der Waals surface area contributed by atoms with Gasteiger partial charge in [-0.2, -0.15) is 5.10 Å². The molecule has 0 aromatic heterocycles. The van der Waals surface area contributed by atoms with Crippen LogP contribution in [-0.4, -0.2) is 29.1 Å².